The summed E-state index contributed by atoms with van der Waals surface area (Å²) in [4.78, 5) is 11.3. The molecule has 2 N–H and O–H groups in total. The molecule has 1 atom stereocenters. The fourth-order valence-corrected chi connectivity index (χ4v) is 1.29. The summed E-state index contributed by atoms with van der Waals surface area (Å²) < 4.78 is 57.2. The van der Waals surface area contributed by atoms with Crippen LogP contribution in [0, 0.1) is 5.82 Å². The molecule has 4 nitrogen and oxygen atoms in total. The summed E-state index contributed by atoms with van der Waals surface area (Å²) in [7, 11) is 0. The minimum atomic E-state index is -4.99. The molecule has 19 heavy (non-hydrogen) atoms. The maximum Gasteiger partial charge on any atom is 0.573 e. The number of hydrogen-bond donors (Lipinski definition) is 1. The number of benzene rings is 1. The second kappa shape index (κ2) is 5.87. The van der Waals surface area contributed by atoms with Crippen molar-refractivity contribution in [3.8, 4) is 5.75 Å². The first-order valence-corrected chi connectivity index (χ1v) is 5.22. The number of hydrogen-bond acceptors (Lipinski definition) is 4. The Kier molecular flexibility index (Phi) is 4.71. The lowest BCUT2D eigenvalue weighted by Crippen LogP contribution is -2.24. The third-order valence-corrected chi connectivity index (χ3v) is 2.08. The van der Waals surface area contributed by atoms with E-state index < -0.39 is 29.9 Å². The molecule has 0 aromatic heterocycles. The van der Waals surface area contributed by atoms with E-state index in [9.17, 15) is 22.4 Å². The highest BCUT2D eigenvalue weighted by atomic mass is 19.4. The molecule has 0 heterocycles. The van der Waals surface area contributed by atoms with Crippen molar-refractivity contribution < 1.29 is 31.8 Å². The van der Waals surface area contributed by atoms with Crippen LogP contribution in [-0.4, -0.2) is 18.9 Å². The summed E-state index contributed by atoms with van der Waals surface area (Å²) in [5.41, 5.74) is 5.46. The van der Waals surface area contributed by atoms with E-state index in [0.29, 0.717) is 6.07 Å². The summed E-state index contributed by atoms with van der Waals surface area (Å²) in [5.74, 6) is -3.06. The molecule has 106 valence electrons. The molecule has 0 saturated heterocycles. The summed E-state index contributed by atoms with van der Waals surface area (Å²) in [6.07, 6.45) is -4.99. The van der Waals surface area contributed by atoms with Crippen molar-refractivity contribution in [3.63, 3.8) is 0 Å². The predicted octanol–water partition coefficient (Wildman–Crippen LogP) is 2.29. The summed E-state index contributed by atoms with van der Waals surface area (Å²) in [6.45, 7) is 1.65. The van der Waals surface area contributed by atoms with Crippen molar-refractivity contribution in [1.29, 1.82) is 0 Å². The van der Waals surface area contributed by atoms with Gasteiger partial charge in [0.15, 0.2) is 11.6 Å². The van der Waals surface area contributed by atoms with Gasteiger partial charge in [0.25, 0.3) is 0 Å². The van der Waals surface area contributed by atoms with Crippen LogP contribution in [0.3, 0.4) is 0 Å². The molecule has 1 rings (SSSR count). The second-order valence-electron chi connectivity index (χ2n) is 3.47. The molecule has 0 radical (unpaired) electrons. The Bertz CT molecular complexity index is 462. The number of alkyl halides is 3. The van der Waals surface area contributed by atoms with E-state index in [1.165, 1.54) is 0 Å². The lowest BCUT2D eigenvalue weighted by molar-refractivity contribution is -0.275. The van der Waals surface area contributed by atoms with Gasteiger partial charge in [0.05, 0.1) is 6.61 Å². The minimum absolute atomic E-state index is 0.00882. The third-order valence-electron chi connectivity index (χ3n) is 2.08. The zero-order valence-electron chi connectivity index (χ0n) is 9.83. The summed E-state index contributed by atoms with van der Waals surface area (Å²) >= 11 is 0. The molecule has 0 unspecified atom stereocenters. The van der Waals surface area contributed by atoms with Crippen molar-refractivity contribution in [2.24, 2.45) is 5.73 Å². The van der Waals surface area contributed by atoms with Crippen LogP contribution in [0.15, 0.2) is 18.2 Å². The number of carbonyl (C=O) groups is 1. The van der Waals surface area contributed by atoms with Gasteiger partial charge in [0.1, 0.15) is 6.04 Å². The van der Waals surface area contributed by atoms with Crippen LogP contribution in [0.4, 0.5) is 17.6 Å². The van der Waals surface area contributed by atoms with Crippen molar-refractivity contribution >= 4 is 5.97 Å². The molecule has 0 aliphatic carbocycles. The largest absolute Gasteiger partial charge is 0.573 e. The Balaban J connectivity index is 2.90. The Morgan fingerprint density at radius 1 is 1.42 bits per heavy atom. The van der Waals surface area contributed by atoms with Crippen LogP contribution in [-0.2, 0) is 9.53 Å². The van der Waals surface area contributed by atoms with E-state index in [-0.39, 0.29) is 12.2 Å². The highest BCUT2D eigenvalue weighted by molar-refractivity contribution is 5.77. The first kappa shape index (κ1) is 15.2. The first-order valence-electron chi connectivity index (χ1n) is 5.22. The van der Waals surface area contributed by atoms with E-state index in [1.54, 1.807) is 6.92 Å². The average Bonchev–Trinajstić information content (AvgIpc) is 2.29. The average molecular weight is 281 g/mol. The van der Waals surface area contributed by atoms with E-state index >= 15 is 0 Å². The van der Waals surface area contributed by atoms with Gasteiger partial charge in [0, 0.05) is 0 Å². The molecule has 0 fully saturated rings. The van der Waals surface area contributed by atoms with Crippen LogP contribution < -0.4 is 10.5 Å². The molecular formula is C11H11F4NO3. The van der Waals surface area contributed by atoms with Gasteiger partial charge in [-0.1, -0.05) is 6.07 Å². The van der Waals surface area contributed by atoms with Crippen LogP contribution >= 0.6 is 0 Å². The van der Waals surface area contributed by atoms with Gasteiger partial charge >= 0.3 is 12.3 Å². The highest BCUT2D eigenvalue weighted by Crippen LogP contribution is 2.27. The molecule has 0 saturated carbocycles. The van der Waals surface area contributed by atoms with E-state index in [0.717, 1.165) is 12.1 Å². The van der Waals surface area contributed by atoms with Gasteiger partial charge < -0.3 is 15.2 Å². The molecule has 0 aliphatic rings. The number of ether oxygens (including phenoxy) is 2. The van der Waals surface area contributed by atoms with Crippen molar-refractivity contribution in [1.82, 2.24) is 0 Å². The molecule has 0 amide bonds. The van der Waals surface area contributed by atoms with Crippen LogP contribution in [0.5, 0.6) is 5.75 Å². The standard InChI is InChI=1S/C11H11F4NO3/c1-2-18-10(17)9(16)6-3-4-8(7(12)5-6)19-11(13,14)15/h3-5,9H,2,16H2,1H3/t9-/m0/s1. The SMILES string of the molecule is CCOC(=O)[C@@H](N)c1ccc(OC(F)(F)F)c(F)c1. The molecule has 0 bridgehead atoms. The summed E-state index contributed by atoms with van der Waals surface area (Å²) in [6, 6.07) is 1.24. The van der Waals surface area contributed by atoms with E-state index in [2.05, 4.69) is 9.47 Å². The minimum Gasteiger partial charge on any atom is -0.465 e. The monoisotopic (exact) mass is 281 g/mol. The Hall–Kier alpha value is -1.83. The fourth-order valence-electron chi connectivity index (χ4n) is 1.29. The van der Waals surface area contributed by atoms with Crippen LogP contribution in [0.1, 0.15) is 18.5 Å². The first-order chi connectivity index (χ1) is 8.74. The fraction of sp³-hybridized carbons (Fsp3) is 0.364. The Morgan fingerprint density at radius 2 is 2.05 bits per heavy atom. The normalized spacial score (nSPS) is 12.9. The lowest BCUT2D eigenvalue weighted by atomic mass is 10.1. The van der Waals surface area contributed by atoms with Gasteiger partial charge in [-0.3, -0.25) is 0 Å². The van der Waals surface area contributed by atoms with Crippen molar-refractivity contribution in [2.75, 3.05) is 6.61 Å². The second-order valence-corrected chi connectivity index (χ2v) is 3.47. The van der Waals surface area contributed by atoms with Gasteiger partial charge in [-0.2, -0.15) is 0 Å². The zero-order valence-corrected chi connectivity index (χ0v) is 9.83. The predicted molar refractivity (Wildman–Crippen MR) is 56.6 cm³/mol. The van der Waals surface area contributed by atoms with Gasteiger partial charge in [0.2, 0.25) is 0 Å². The van der Waals surface area contributed by atoms with Crippen molar-refractivity contribution in [3.05, 3.63) is 29.6 Å². The Morgan fingerprint density at radius 3 is 2.53 bits per heavy atom. The number of esters is 1. The molecule has 8 heteroatoms. The summed E-state index contributed by atoms with van der Waals surface area (Å²) in [5, 5.41) is 0. The maximum absolute atomic E-state index is 13.4. The topological polar surface area (TPSA) is 61.5 Å². The molecular weight excluding hydrogens is 270 g/mol. The molecule has 0 spiro atoms. The van der Waals surface area contributed by atoms with Crippen LogP contribution in [0.25, 0.3) is 0 Å². The lowest BCUT2D eigenvalue weighted by Gasteiger charge is -2.13. The zero-order chi connectivity index (χ0) is 14.6. The van der Waals surface area contributed by atoms with Gasteiger partial charge in [-0.25, -0.2) is 9.18 Å². The van der Waals surface area contributed by atoms with E-state index in [4.69, 9.17) is 5.73 Å². The molecule has 1 aromatic carbocycles. The van der Waals surface area contributed by atoms with Gasteiger partial charge in [-0.15, -0.1) is 13.2 Å². The van der Waals surface area contributed by atoms with Gasteiger partial charge in [-0.05, 0) is 24.6 Å². The maximum atomic E-state index is 13.4. The van der Waals surface area contributed by atoms with E-state index in [1.807, 2.05) is 0 Å². The number of halogens is 4. The molecule has 1 aromatic rings. The smallest absolute Gasteiger partial charge is 0.465 e. The molecule has 0 aliphatic heterocycles. The highest BCUT2D eigenvalue weighted by Gasteiger charge is 2.32. The number of nitrogens with two attached hydrogens (primary N) is 1. The number of rotatable bonds is 4. The third kappa shape index (κ3) is 4.40. The quantitative estimate of drug-likeness (QED) is 0.679. The van der Waals surface area contributed by atoms with Crippen LogP contribution in [0.2, 0.25) is 0 Å². The Labute approximate surface area is 106 Å². The van der Waals surface area contributed by atoms with Crippen molar-refractivity contribution in [2.45, 2.75) is 19.3 Å². The number of carbonyl (C=O) groups excluding carboxylic acids is 1.